The van der Waals surface area contributed by atoms with Crippen molar-refractivity contribution < 1.29 is 17.6 Å². The van der Waals surface area contributed by atoms with Crippen molar-refractivity contribution >= 4 is 21.6 Å². The van der Waals surface area contributed by atoms with Crippen LogP contribution in [0.15, 0.2) is 18.2 Å². The van der Waals surface area contributed by atoms with Gasteiger partial charge in [0.25, 0.3) is 0 Å². The zero-order valence-corrected chi connectivity index (χ0v) is 17.9. The molecule has 2 heterocycles. The third kappa shape index (κ3) is 4.55. The van der Waals surface area contributed by atoms with Crippen molar-refractivity contribution in [3.63, 3.8) is 0 Å². The number of benzene rings is 1. The zero-order chi connectivity index (χ0) is 20.7. The van der Waals surface area contributed by atoms with Crippen LogP contribution in [0.1, 0.15) is 38.7 Å². The molecule has 1 amide bonds. The molecule has 156 valence electrons. The lowest BCUT2D eigenvalue weighted by Gasteiger charge is -2.39. The molecule has 1 spiro atoms. The number of aryl methyl sites for hydroxylation is 1. The van der Waals surface area contributed by atoms with E-state index in [9.17, 15) is 17.6 Å². The van der Waals surface area contributed by atoms with Crippen LogP contribution in [0.2, 0.25) is 0 Å². The summed E-state index contributed by atoms with van der Waals surface area (Å²) >= 11 is 0. The van der Waals surface area contributed by atoms with Gasteiger partial charge in [0, 0.05) is 17.8 Å². The van der Waals surface area contributed by atoms with Crippen molar-refractivity contribution in [2.24, 2.45) is 5.41 Å². The van der Waals surface area contributed by atoms with Gasteiger partial charge in [0.15, 0.2) is 0 Å². The van der Waals surface area contributed by atoms with E-state index >= 15 is 0 Å². The van der Waals surface area contributed by atoms with E-state index in [0.717, 1.165) is 32.4 Å². The van der Waals surface area contributed by atoms with Crippen LogP contribution in [0, 0.1) is 18.2 Å². The first-order valence-electron chi connectivity index (χ1n) is 9.67. The van der Waals surface area contributed by atoms with E-state index in [1.165, 1.54) is 12.3 Å². The van der Waals surface area contributed by atoms with Gasteiger partial charge >= 0.3 is 0 Å². The molecule has 0 atom stereocenters. The summed E-state index contributed by atoms with van der Waals surface area (Å²) in [5.74, 6) is -0.499. The van der Waals surface area contributed by atoms with Crippen molar-refractivity contribution in [3.8, 4) is 0 Å². The van der Waals surface area contributed by atoms with Crippen molar-refractivity contribution in [2.45, 2.75) is 45.6 Å². The molecular formula is C20H30FN3O3S. The quantitative estimate of drug-likeness (QED) is 0.827. The highest BCUT2D eigenvalue weighted by Gasteiger charge is 2.52. The molecule has 1 aromatic carbocycles. The predicted octanol–water partition coefficient (Wildman–Crippen LogP) is 2.60. The fraction of sp³-hybridized carbons (Fsp3) is 0.650. The number of carbonyl (C=O) groups excluding carboxylic acids is 1. The Kier molecular flexibility index (Phi) is 5.59. The monoisotopic (exact) mass is 411 g/mol. The second-order valence-corrected chi connectivity index (χ2v) is 11.0. The largest absolute Gasteiger partial charge is 0.325 e. The minimum Gasteiger partial charge on any atom is -0.325 e. The third-order valence-corrected chi connectivity index (χ3v) is 7.53. The number of nitrogens with zero attached hydrogens (tertiary/aromatic N) is 2. The Morgan fingerprint density at radius 3 is 2.43 bits per heavy atom. The summed E-state index contributed by atoms with van der Waals surface area (Å²) in [5, 5.41) is 2.75. The molecule has 1 N–H and O–H groups in total. The number of anilines is 1. The Balaban J connectivity index is 1.55. The minimum atomic E-state index is -3.23. The molecular weight excluding hydrogens is 381 g/mol. The van der Waals surface area contributed by atoms with Gasteiger partial charge in [0.05, 0.1) is 12.8 Å². The van der Waals surface area contributed by atoms with Gasteiger partial charge in [0.2, 0.25) is 15.9 Å². The van der Waals surface area contributed by atoms with Gasteiger partial charge in [-0.15, -0.1) is 0 Å². The van der Waals surface area contributed by atoms with Crippen LogP contribution in [-0.2, 0) is 14.8 Å². The number of hydrogen-bond acceptors (Lipinski definition) is 4. The molecule has 8 heteroatoms. The topological polar surface area (TPSA) is 69.7 Å². The number of hydrogen-bond donors (Lipinski definition) is 1. The van der Waals surface area contributed by atoms with E-state index in [1.54, 1.807) is 23.4 Å². The van der Waals surface area contributed by atoms with E-state index in [4.69, 9.17) is 0 Å². The summed E-state index contributed by atoms with van der Waals surface area (Å²) in [5.41, 5.74) is 0.618. The Bertz CT molecular complexity index is 861. The van der Waals surface area contributed by atoms with Gasteiger partial charge in [-0.25, -0.2) is 12.8 Å². The molecule has 3 rings (SSSR count). The van der Waals surface area contributed by atoms with E-state index < -0.39 is 10.0 Å². The van der Waals surface area contributed by atoms with Crippen LogP contribution in [-0.4, -0.2) is 61.5 Å². The fourth-order valence-corrected chi connectivity index (χ4v) is 6.21. The minimum absolute atomic E-state index is 0.0142. The molecule has 0 unspecified atom stereocenters. The van der Waals surface area contributed by atoms with Crippen molar-refractivity contribution in [1.82, 2.24) is 9.21 Å². The van der Waals surface area contributed by atoms with Gasteiger partial charge in [-0.3, -0.25) is 9.69 Å². The van der Waals surface area contributed by atoms with E-state index in [-0.39, 0.29) is 29.2 Å². The molecule has 0 saturated carbocycles. The second-order valence-electron chi connectivity index (χ2n) is 9.05. The summed E-state index contributed by atoms with van der Waals surface area (Å²) in [7, 11) is -3.23. The molecule has 2 aliphatic heterocycles. The molecule has 28 heavy (non-hydrogen) atoms. The number of piperidine rings is 1. The predicted molar refractivity (Wildman–Crippen MR) is 108 cm³/mol. The number of rotatable bonds is 4. The highest BCUT2D eigenvalue weighted by atomic mass is 32.2. The molecule has 1 aromatic rings. The summed E-state index contributed by atoms with van der Waals surface area (Å²) in [6.07, 6.45) is 3.86. The highest BCUT2D eigenvalue weighted by molar-refractivity contribution is 7.88. The number of halogens is 1. The Morgan fingerprint density at radius 2 is 1.89 bits per heavy atom. The highest BCUT2D eigenvalue weighted by Crippen LogP contribution is 2.48. The van der Waals surface area contributed by atoms with Crippen LogP contribution in [0.4, 0.5) is 10.1 Å². The maximum atomic E-state index is 13.6. The Morgan fingerprint density at radius 1 is 1.25 bits per heavy atom. The smallest absolute Gasteiger partial charge is 0.238 e. The number of likely N-dealkylation sites (tertiary alicyclic amines) is 1. The maximum absolute atomic E-state index is 13.6. The molecule has 0 bridgehead atoms. The van der Waals surface area contributed by atoms with Crippen molar-refractivity contribution in [1.29, 1.82) is 0 Å². The third-order valence-electron chi connectivity index (χ3n) is 6.10. The first kappa shape index (κ1) is 21.2. The number of amides is 1. The normalized spacial score (nSPS) is 22.5. The van der Waals surface area contributed by atoms with Gasteiger partial charge in [0.1, 0.15) is 5.82 Å². The van der Waals surface area contributed by atoms with Gasteiger partial charge in [-0.2, -0.15) is 4.31 Å². The number of sulfonamides is 1. The lowest BCUT2D eigenvalue weighted by molar-refractivity contribution is -0.117. The number of nitrogens with one attached hydrogen (secondary N) is 1. The maximum Gasteiger partial charge on any atom is 0.238 e. The second kappa shape index (κ2) is 7.39. The molecule has 0 aromatic heterocycles. The molecule has 2 fully saturated rings. The van der Waals surface area contributed by atoms with Crippen LogP contribution in [0.3, 0.4) is 0 Å². The van der Waals surface area contributed by atoms with E-state index in [0.29, 0.717) is 17.8 Å². The summed E-state index contributed by atoms with van der Waals surface area (Å²) in [4.78, 5) is 14.4. The van der Waals surface area contributed by atoms with E-state index in [2.05, 4.69) is 10.2 Å². The molecule has 2 saturated heterocycles. The molecule has 6 nitrogen and oxygen atoms in total. The molecule has 0 aliphatic carbocycles. The first-order chi connectivity index (χ1) is 12.9. The number of carbonyl (C=O) groups is 1. The lowest BCUT2D eigenvalue weighted by atomic mass is 9.74. The summed E-state index contributed by atoms with van der Waals surface area (Å²) < 4.78 is 39.5. The fourth-order valence-electron chi connectivity index (χ4n) is 4.74. The summed E-state index contributed by atoms with van der Waals surface area (Å²) in [6.45, 7) is 7.98. The van der Waals surface area contributed by atoms with Crippen LogP contribution >= 0.6 is 0 Å². The van der Waals surface area contributed by atoms with Gasteiger partial charge in [-0.1, -0.05) is 6.07 Å². The van der Waals surface area contributed by atoms with Crippen molar-refractivity contribution in [2.75, 3.05) is 37.8 Å². The SMILES string of the molecule is Cc1ccc(NC(=O)CN2CCC3(CC2)CN(S(C)(=O)=O)C(C)(C)C3)cc1F. The average molecular weight is 412 g/mol. The standard InChI is InChI=1S/C20H30FN3O3S/c1-15-5-6-16(11-17(15)21)22-18(25)12-23-9-7-20(8-10-23)13-19(2,3)24(14-20)28(4,26)27/h5-6,11H,7-10,12-14H2,1-4H3,(H,22,25). The Hall–Kier alpha value is -1.51. The van der Waals surface area contributed by atoms with Gasteiger partial charge < -0.3 is 5.32 Å². The van der Waals surface area contributed by atoms with Crippen LogP contribution < -0.4 is 5.32 Å². The summed E-state index contributed by atoms with van der Waals surface area (Å²) in [6, 6.07) is 4.67. The average Bonchev–Trinajstić information content (AvgIpc) is 2.84. The molecule has 0 radical (unpaired) electrons. The first-order valence-corrected chi connectivity index (χ1v) is 11.5. The molecule has 2 aliphatic rings. The lowest BCUT2D eigenvalue weighted by Crippen LogP contribution is -2.45. The zero-order valence-electron chi connectivity index (χ0n) is 17.1. The van der Waals surface area contributed by atoms with E-state index in [1.807, 2.05) is 13.8 Å². The van der Waals surface area contributed by atoms with Crippen molar-refractivity contribution in [3.05, 3.63) is 29.6 Å². The van der Waals surface area contributed by atoms with Gasteiger partial charge in [-0.05, 0) is 76.2 Å². The van der Waals surface area contributed by atoms with Crippen LogP contribution in [0.25, 0.3) is 0 Å². The van der Waals surface area contributed by atoms with Crippen LogP contribution in [0.5, 0.6) is 0 Å². The Labute approximate surface area is 167 Å².